The molecule has 0 spiro atoms. The minimum Gasteiger partial charge on any atom is -0.414 e. The molecule has 3 atom stereocenters. The van der Waals surface area contributed by atoms with Crippen molar-refractivity contribution in [3.05, 3.63) is 0 Å². The molecule has 0 rings (SSSR count). The van der Waals surface area contributed by atoms with Crippen LogP contribution in [0.5, 0.6) is 0 Å². The van der Waals surface area contributed by atoms with E-state index in [1.807, 2.05) is 13.8 Å². The Morgan fingerprint density at radius 1 is 0.846 bits per heavy atom. The van der Waals surface area contributed by atoms with Gasteiger partial charge in [-0.3, -0.25) is 4.79 Å². The zero-order valence-corrected chi connectivity index (χ0v) is 21.9. The van der Waals surface area contributed by atoms with Crippen LogP contribution in [0.3, 0.4) is 0 Å². The Hall–Kier alpha value is 0.0238. The van der Waals surface area contributed by atoms with Gasteiger partial charge in [0, 0.05) is 18.4 Å². The maximum atomic E-state index is 12.4. The van der Waals surface area contributed by atoms with E-state index in [1.165, 1.54) is 0 Å². The molecule has 0 fully saturated rings. The van der Waals surface area contributed by atoms with Crippen LogP contribution in [0.2, 0.25) is 36.3 Å². The highest BCUT2D eigenvalue weighted by Gasteiger charge is 2.43. The molecule has 0 N–H and O–H groups in total. The Balaban J connectivity index is 5.41. The van der Waals surface area contributed by atoms with Crippen molar-refractivity contribution in [1.29, 1.82) is 0 Å². The summed E-state index contributed by atoms with van der Waals surface area (Å²) in [7, 11) is -3.78. The predicted molar refractivity (Wildman–Crippen MR) is 119 cm³/mol. The van der Waals surface area contributed by atoms with Gasteiger partial charge in [-0.1, -0.05) is 55.4 Å². The van der Waals surface area contributed by atoms with E-state index in [-0.39, 0.29) is 34.0 Å². The lowest BCUT2D eigenvalue weighted by Crippen LogP contribution is -2.49. The number of Topliss-reactive ketones (excluding diaryl/α,β-unsaturated/α-hetero) is 1. The highest BCUT2D eigenvalue weighted by Crippen LogP contribution is 2.40. The van der Waals surface area contributed by atoms with Gasteiger partial charge in [0.05, 0.1) is 6.10 Å². The van der Waals surface area contributed by atoms with Gasteiger partial charge >= 0.3 is 0 Å². The molecule has 0 unspecified atom stereocenters. The summed E-state index contributed by atoms with van der Waals surface area (Å²) in [6.07, 6.45) is 1.38. The molecule has 0 aliphatic rings. The smallest absolute Gasteiger partial charge is 0.192 e. The third-order valence-corrected chi connectivity index (χ3v) is 15.6. The van der Waals surface area contributed by atoms with E-state index < -0.39 is 16.6 Å². The van der Waals surface area contributed by atoms with Gasteiger partial charge in [-0.2, -0.15) is 0 Å². The zero-order chi connectivity index (χ0) is 21.1. The Kier molecular flexibility index (Phi) is 9.02. The summed E-state index contributed by atoms with van der Waals surface area (Å²) in [5, 5.41) is 0.311. The molecule has 0 aliphatic carbocycles. The van der Waals surface area contributed by atoms with Crippen LogP contribution in [0.25, 0.3) is 0 Å². The van der Waals surface area contributed by atoms with Crippen LogP contribution in [0.15, 0.2) is 0 Å². The second kappa shape index (κ2) is 9.02. The molecule has 0 aliphatic heterocycles. The topological polar surface area (TPSA) is 35.5 Å². The van der Waals surface area contributed by atoms with E-state index in [4.69, 9.17) is 8.85 Å². The largest absolute Gasteiger partial charge is 0.414 e. The van der Waals surface area contributed by atoms with Gasteiger partial charge in [0.1, 0.15) is 5.78 Å². The van der Waals surface area contributed by atoms with Crippen LogP contribution in [0.4, 0.5) is 0 Å². The zero-order valence-electron chi connectivity index (χ0n) is 19.9. The first-order valence-corrected chi connectivity index (χ1v) is 16.1. The quantitative estimate of drug-likeness (QED) is 0.398. The van der Waals surface area contributed by atoms with E-state index in [2.05, 4.69) is 74.7 Å². The summed E-state index contributed by atoms with van der Waals surface area (Å²) in [4.78, 5) is 12.4. The first kappa shape index (κ1) is 26.0. The van der Waals surface area contributed by atoms with Crippen molar-refractivity contribution in [3.63, 3.8) is 0 Å². The van der Waals surface area contributed by atoms with E-state index in [9.17, 15) is 4.79 Å². The van der Waals surface area contributed by atoms with Gasteiger partial charge in [-0.05, 0) is 49.6 Å². The van der Waals surface area contributed by atoms with Crippen LogP contribution in [-0.2, 0) is 13.6 Å². The fraction of sp³-hybridized carbons (Fsp3) is 0.952. The van der Waals surface area contributed by atoms with Gasteiger partial charge in [-0.25, -0.2) is 0 Å². The lowest BCUT2D eigenvalue weighted by atomic mass is 9.94. The molecule has 0 aromatic heterocycles. The molecule has 156 valence electrons. The van der Waals surface area contributed by atoms with E-state index in [1.54, 1.807) is 0 Å². The van der Waals surface area contributed by atoms with Crippen molar-refractivity contribution in [2.45, 2.75) is 124 Å². The molecule has 3 nitrogen and oxygen atoms in total. The van der Waals surface area contributed by atoms with Gasteiger partial charge in [0.25, 0.3) is 0 Å². The average molecular weight is 403 g/mol. The Morgan fingerprint density at radius 3 is 1.58 bits per heavy atom. The monoisotopic (exact) mass is 402 g/mol. The molecule has 26 heavy (non-hydrogen) atoms. The summed E-state index contributed by atoms with van der Waals surface area (Å²) in [6.45, 7) is 28.8. The van der Waals surface area contributed by atoms with Crippen molar-refractivity contribution in [3.8, 4) is 0 Å². The fourth-order valence-corrected chi connectivity index (χ4v) is 5.36. The summed E-state index contributed by atoms with van der Waals surface area (Å²) in [5.41, 5.74) is 0. The van der Waals surface area contributed by atoms with Gasteiger partial charge in [-0.15, -0.1) is 0 Å². The normalized spacial score (nSPS) is 17.7. The maximum absolute atomic E-state index is 12.4. The Morgan fingerprint density at radius 2 is 1.23 bits per heavy atom. The molecule has 0 saturated heterocycles. The standard InChI is InChI=1S/C21H46O3Si2/c1-14-18(22)17(3)19(24-26(12,13)21(7,8)9)15-16(2)23-25(10,11)20(4,5)6/h16-17,19H,14-15H2,1-13H3/t16-,17+,19+/m1/s1. The van der Waals surface area contributed by atoms with Crippen LogP contribution in [-0.4, -0.2) is 34.6 Å². The molecule has 0 radical (unpaired) electrons. The van der Waals surface area contributed by atoms with Crippen LogP contribution in [0.1, 0.15) is 75.2 Å². The lowest BCUT2D eigenvalue weighted by Gasteiger charge is -2.43. The summed E-state index contributed by atoms with van der Waals surface area (Å²) >= 11 is 0. The summed E-state index contributed by atoms with van der Waals surface area (Å²) < 4.78 is 13.3. The molecule has 0 heterocycles. The van der Waals surface area contributed by atoms with Crippen molar-refractivity contribution in [1.82, 2.24) is 0 Å². The number of carbonyl (C=O) groups excluding carboxylic acids is 1. The number of carbonyl (C=O) groups is 1. The molecular formula is C21H46O3Si2. The maximum Gasteiger partial charge on any atom is 0.192 e. The number of rotatable bonds is 9. The molecule has 0 aromatic rings. The summed E-state index contributed by atoms with van der Waals surface area (Å²) in [6, 6.07) is 0. The fourth-order valence-electron chi connectivity index (χ4n) is 2.49. The van der Waals surface area contributed by atoms with Crippen LogP contribution in [0, 0.1) is 5.92 Å². The third kappa shape index (κ3) is 7.21. The predicted octanol–water partition coefficient (Wildman–Crippen LogP) is 6.79. The lowest BCUT2D eigenvalue weighted by molar-refractivity contribution is -0.125. The SMILES string of the molecule is CCC(=O)[C@H](C)[C@H](C[C@@H](C)O[Si](C)(C)C(C)(C)C)O[Si](C)(C)C(C)(C)C. The van der Waals surface area contributed by atoms with Crippen molar-refractivity contribution in [2.75, 3.05) is 0 Å². The van der Waals surface area contributed by atoms with Crippen molar-refractivity contribution in [2.24, 2.45) is 5.92 Å². The van der Waals surface area contributed by atoms with E-state index in [0.29, 0.717) is 6.42 Å². The van der Waals surface area contributed by atoms with Gasteiger partial charge in [0.15, 0.2) is 16.6 Å². The second-order valence-electron chi connectivity index (χ2n) is 10.9. The van der Waals surface area contributed by atoms with E-state index in [0.717, 1.165) is 6.42 Å². The van der Waals surface area contributed by atoms with Crippen LogP contribution >= 0.6 is 0 Å². The minimum atomic E-state index is -1.95. The Bertz CT molecular complexity index is 459. The Labute approximate surface area is 165 Å². The third-order valence-electron chi connectivity index (χ3n) is 6.53. The highest BCUT2D eigenvalue weighted by atomic mass is 28.4. The summed E-state index contributed by atoms with van der Waals surface area (Å²) in [5.74, 6) is 0.202. The van der Waals surface area contributed by atoms with Gasteiger partial charge in [0.2, 0.25) is 0 Å². The van der Waals surface area contributed by atoms with Crippen molar-refractivity contribution < 1.29 is 13.6 Å². The first-order valence-electron chi connectivity index (χ1n) is 10.2. The van der Waals surface area contributed by atoms with E-state index >= 15 is 0 Å². The van der Waals surface area contributed by atoms with Crippen LogP contribution < -0.4 is 0 Å². The molecular weight excluding hydrogens is 356 g/mol. The molecule has 5 heteroatoms. The number of ketones is 1. The number of hydrogen-bond acceptors (Lipinski definition) is 3. The van der Waals surface area contributed by atoms with Crippen molar-refractivity contribution >= 4 is 22.4 Å². The molecule has 0 aromatic carbocycles. The van der Waals surface area contributed by atoms with Gasteiger partial charge < -0.3 is 8.85 Å². The first-order chi connectivity index (χ1) is 11.4. The molecule has 0 saturated carbocycles. The minimum absolute atomic E-state index is 0.0666. The molecule has 0 bridgehead atoms. The second-order valence-corrected chi connectivity index (χ2v) is 20.5. The number of hydrogen-bond donors (Lipinski definition) is 0. The molecule has 0 amide bonds. The highest BCUT2D eigenvalue weighted by molar-refractivity contribution is 6.74. The average Bonchev–Trinajstić information content (AvgIpc) is 2.41.